The van der Waals surface area contributed by atoms with Gasteiger partial charge in [0, 0.05) is 11.5 Å². The van der Waals surface area contributed by atoms with E-state index in [-0.39, 0.29) is 0 Å². The summed E-state index contributed by atoms with van der Waals surface area (Å²) in [5, 5.41) is 0. The molecule has 0 aromatic heterocycles. The molecule has 0 heterocycles. The van der Waals surface area contributed by atoms with Crippen molar-refractivity contribution in [2.45, 2.75) is 6.92 Å². The molecule has 2 heteroatoms. The van der Waals surface area contributed by atoms with Crippen LogP contribution in [0.2, 0.25) is 0 Å². The molecule has 18 heavy (non-hydrogen) atoms. The maximum absolute atomic E-state index is 5.39. The van der Waals surface area contributed by atoms with E-state index in [2.05, 4.69) is 19.1 Å². The largest absolute Gasteiger partial charge is 0.497 e. The number of hydrogen-bond acceptors (Lipinski definition) is 2. The molecule has 1 radical (unpaired) electrons. The first-order chi connectivity index (χ1) is 8.76. The average molecular weight is 241 g/mol. The van der Waals surface area contributed by atoms with Crippen molar-refractivity contribution in [2.75, 3.05) is 14.2 Å². The molecule has 0 unspecified atom stereocenters. The number of rotatable bonds is 4. The topological polar surface area (TPSA) is 18.5 Å². The zero-order valence-electron chi connectivity index (χ0n) is 10.9. The van der Waals surface area contributed by atoms with Crippen LogP contribution in [0.1, 0.15) is 18.1 Å². The van der Waals surface area contributed by atoms with Crippen molar-refractivity contribution in [1.82, 2.24) is 0 Å². The third kappa shape index (κ3) is 2.48. The van der Waals surface area contributed by atoms with Crippen LogP contribution in [0.5, 0.6) is 11.5 Å². The monoisotopic (exact) mass is 241 g/mol. The number of methoxy groups -OCH3 is 2. The molecule has 0 aliphatic rings. The molecule has 0 spiro atoms. The van der Waals surface area contributed by atoms with Crippen LogP contribution in [-0.2, 0) is 0 Å². The summed E-state index contributed by atoms with van der Waals surface area (Å²) >= 11 is 0. The lowest BCUT2D eigenvalue weighted by atomic mass is 9.92. The van der Waals surface area contributed by atoms with Crippen LogP contribution in [0.3, 0.4) is 0 Å². The van der Waals surface area contributed by atoms with E-state index >= 15 is 0 Å². The maximum Gasteiger partial charge on any atom is 0.122 e. The van der Waals surface area contributed by atoms with Gasteiger partial charge in [-0.05, 0) is 23.8 Å². The first kappa shape index (κ1) is 12.5. The predicted octanol–water partition coefficient (Wildman–Crippen LogP) is 3.69. The summed E-state index contributed by atoms with van der Waals surface area (Å²) in [6.45, 7) is 2.09. The Morgan fingerprint density at radius 3 is 2.39 bits per heavy atom. The summed E-state index contributed by atoms with van der Waals surface area (Å²) in [4.78, 5) is 0. The molecule has 93 valence electrons. The molecule has 0 fully saturated rings. The van der Waals surface area contributed by atoms with Gasteiger partial charge in [0.25, 0.3) is 0 Å². The van der Waals surface area contributed by atoms with Gasteiger partial charge in [-0.2, -0.15) is 0 Å². The zero-order chi connectivity index (χ0) is 13.0. The number of benzene rings is 2. The average Bonchev–Trinajstić information content (AvgIpc) is 2.46. The molecule has 0 saturated carbocycles. The van der Waals surface area contributed by atoms with Gasteiger partial charge in [-0.15, -0.1) is 0 Å². The van der Waals surface area contributed by atoms with Crippen molar-refractivity contribution >= 4 is 0 Å². The molecule has 0 amide bonds. The highest BCUT2D eigenvalue weighted by atomic mass is 16.5. The van der Waals surface area contributed by atoms with E-state index in [1.165, 1.54) is 5.92 Å². The number of para-hydroxylation sites is 1. The Morgan fingerprint density at radius 1 is 0.889 bits per heavy atom. The molecule has 0 N–H and O–H groups in total. The van der Waals surface area contributed by atoms with Gasteiger partial charge < -0.3 is 9.47 Å². The second kappa shape index (κ2) is 5.58. The fourth-order valence-electron chi connectivity index (χ4n) is 1.97. The van der Waals surface area contributed by atoms with Gasteiger partial charge in [-0.3, -0.25) is 0 Å². The molecule has 2 nitrogen and oxygen atoms in total. The van der Waals surface area contributed by atoms with Gasteiger partial charge >= 0.3 is 0 Å². The van der Waals surface area contributed by atoms with Crippen LogP contribution < -0.4 is 9.47 Å². The molecular formula is C16H17O2. The lowest BCUT2D eigenvalue weighted by Gasteiger charge is -2.15. The fourth-order valence-corrected chi connectivity index (χ4v) is 1.97. The van der Waals surface area contributed by atoms with E-state index in [0.717, 1.165) is 22.6 Å². The van der Waals surface area contributed by atoms with E-state index < -0.39 is 0 Å². The first-order valence-electron chi connectivity index (χ1n) is 5.87. The van der Waals surface area contributed by atoms with Crippen molar-refractivity contribution in [1.29, 1.82) is 0 Å². The maximum atomic E-state index is 5.39. The van der Waals surface area contributed by atoms with E-state index in [9.17, 15) is 0 Å². The standard InChI is InChI=1S/C16H17O2/c1-12(13-7-6-8-14(11-13)17-2)15-9-4-5-10-16(15)18-3/h4-11H,1-3H3. The Bertz CT molecular complexity index is 520. The molecule has 2 aromatic carbocycles. The highest BCUT2D eigenvalue weighted by Crippen LogP contribution is 2.31. The Morgan fingerprint density at radius 2 is 1.67 bits per heavy atom. The summed E-state index contributed by atoms with van der Waals surface area (Å²) in [6.07, 6.45) is 0. The Kier molecular flexibility index (Phi) is 3.88. The lowest BCUT2D eigenvalue weighted by Crippen LogP contribution is -2.00. The van der Waals surface area contributed by atoms with Gasteiger partial charge in [-0.1, -0.05) is 37.3 Å². The van der Waals surface area contributed by atoms with Crippen molar-refractivity contribution in [3.63, 3.8) is 0 Å². The highest BCUT2D eigenvalue weighted by molar-refractivity contribution is 5.52. The van der Waals surface area contributed by atoms with Crippen LogP contribution >= 0.6 is 0 Å². The second-order valence-electron chi connectivity index (χ2n) is 4.06. The molecule has 0 aliphatic carbocycles. The van der Waals surface area contributed by atoms with E-state index in [1.54, 1.807) is 14.2 Å². The molecule has 0 atom stereocenters. The van der Waals surface area contributed by atoms with Crippen LogP contribution in [0.4, 0.5) is 0 Å². The number of hydrogen-bond donors (Lipinski definition) is 0. The fraction of sp³-hybridized carbons (Fsp3) is 0.188. The van der Waals surface area contributed by atoms with Crippen LogP contribution in [0.15, 0.2) is 48.5 Å². The summed E-state index contributed by atoms with van der Waals surface area (Å²) < 4.78 is 10.6. The Balaban J connectivity index is 2.37. The van der Waals surface area contributed by atoms with Crippen molar-refractivity contribution in [2.24, 2.45) is 0 Å². The van der Waals surface area contributed by atoms with Crippen LogP contribution in [0.25, 0.3) is 0 Å². The molecular weight excluding hydrogens is 224 g/mol. The number of ether oxygens (including phenoxy) is 2. The molecule has 0 aliphatic heterocycles. The minimum Gasteiger partial charge on any atom is -0.497 e. The minimum absolute atomic E-state index is 0.863. The quantitative estimate of drug-likeness (QED) is 0.812. The molecule has 2 rings (SSSR count). The summed E-state index contributed by atoms with van der Waals surface area (Å²) in [5.74, 6) is 2.92. The molecule has 2 aromatic rings. The summed E-state index contributed by atoms with van der Waals surface area (Å²) in [7, 11) is 3.37. The molecule has 0 saturated heterocycles. The van der Waals surface area contributed by atoms with E-state index in [4.69, 9.17) is 9.47 Å². The first-order valence-corrected chi connectivity index (χ1v) is 5.87. The van der Waals surface area contributed by atoms with Gasteiger partial charge in [0.2, 0.25) is 0 Å². The molecule has 0 bridgehead atoms. The third-order valence-electron chi connectivity index (χ3n) is 3.01. The highest BCUT2D eigenvalue weighted by Gasteiger charge is 2.14. The van der Waals surface area contributed by atoms with Gasteiger partial charge in [0.15, 0.2) is 0 Å². The SMILES string of the molecule is COc1cccc([C](C)c2ccccc2OC)c1. The normalized spacial score (nSPS) is 10.4. The van der Waals surface area contributed by atoms with Crippen LogP contribution in [-0.4, -0.2) is 14.2 Å². The van der Waals surface area contributed by atoms with Crippen molar-refractivity contribution in [3.05, 3.63) is 65.6 Å². The minimum atomic E-state index is 0.863. The van der Waals surface area contributed by atoms with E-state index in [1.807, 2.05) is 36.4 Å². The van der Waals surface area contributed by atoms with Gasteiger partial charge in [-0.25, -0.2) is 0 Å². The Labute approximate surface area is 108 Å². The summed E-state index contributed by atoms with van der Waals surface area (Å²) in [6, 6.07) is 16.1. The lowest BCUT2D eigenvalue weighted by molar-refractivity contribution is 0.411. The smallest absolute Gasteiger partial charge is 0.122 e. The summed E-state index contributed by atoms with van der Waals surface area (Å²) in [5.41, 5.74) is 2.24. The predicted molar refractivity (Wildman–Crippen MR) is 73.1 cm³/mol. The third-order valence-corrected chi connectivity index (χ3v) is 3.01. The Hall–Kier alpha value is -1.96. The van der Waals surface area contributed by atoms with Gasteiger partial charge in [0.1, 0.15) is 11.5 Å². The van der Waals surface area contributed by atoms with E-state index in [0.29, 0.717) is 0 Å². The van der Waals surface area contributed by atoms with Crippen LogP contribution in [0, 0.1) is 5.92 Å². The van der Waals surface area contributed by atoms with Gasteiger partial charge in [0.05, 0.1) is 14.2 Å². The van der Waals surface area contributed by atoms with Crippen molar-refractivity contribution < 1.29 is 9.47 Å². The zero-order valence-corrected chi connectivity index (χ0v) is 10.9. The second-order valence-corrected chi connectivity index (χ2v) is 4.06. The van der Waals surface area contributed by atoms with Crippen molar-refractivity contribution in [3.8, 4) is 11.5 Å².